The molecule has 1 amide bonds. The van der Waals surface area contributed by atoms with Crippen LogP contribution in [-0.2, 0) is 11.3 Å². The minimum atomic E-state index is -0.889. The van der Waals surface area contributed by atoms with E-state index in [-0.39, 0.29) is 23.3 Å². The number of rotatable bonds is 5. The van der Waals surface area contributed by atoms with Crippen LogP contribution in [0.2, 0.25) is 10.0 Å². The molecule has 5 rings (SSSR count). The van der Waals surface area contributed by atoms with Gasteiger partial charge in [-0.3, -0.25) is 9.36 Å². The van der Waals surface area contributed by atoms with Crippen molar-refractivity contribution < 1.29 is 13.6 Å². The summed E-state index contributed by atoms with van der Waals surface area (Å²) in [7, 11) is 0. The number of fused-ring (bicyclic) bond motifs is 1. The maximum atomic E-state index is 14.1. The first-order valence-electron chi connectivity index (χ1n) is 10.9. The number of aromatic nitrogens is 2. The van der Waals surface area contributed by atoms with Gasteiger partial charge in [-0.25, -0.2) is 13.8 Å². The number of benzene rings is 3. The van der Waals surface area contributed by atoms with E-state index in [1.54, 1.807) is 59.4 Å². The van der Waals surface area contributed by atoms with Crippen molar-refractivity contribution in [2.24, 2.45) is 5.73 Å². The van der Waals surface area contributed by atoms with Crippen molar-refractivity contribution in [3.63, 3.8) is 0 Å². The summed E-state index contributed by atoms with van der Waals surface area (Å²) in [5.41, 5.74) is 8.43. The first-order chi connectivity index (χ1) is 17.3. The molecule has 0 saturated carbocycles. The summed E-state index contributed by atoms with van der Waals surface area (Å²) in [6.45, 7) is 0.140. The van der Waals surface area contributed by atoms with Gasteiger partial charge in [0.05, 0.1) is 11.6 Å². The molecule has 1 aliphatic rings. The van der Waals surface area contributed by atoms with E-state index in [4.69, 9.17) is 33.9 Å². The van der Waals surface area contributed by atoms with Crippen LogP contribution in [0.3, 0.4) is 0 Å². The fraction of sp³-hybridized carbons (Fsp3) is 0.0769. The lowest BCUT2D eigenvalue weighted by Crippen LogP contribution is -2.36. The molecule has 0 bridgehead atoms. The van der Waals surface area contributed by atoms with Crippen LogP contribution in [-0.4, -0.2) is 20.4 Å². The van der Waals surface area contributed by atoms with Crippen molar-refractivity contribution in [3.05, 3.63) is 106 Å². The van der Waals surface area contributed by atoms with Gasteiger partial charge in [0.15, 0.2) is 0 Å². The smallest absolute Gasteiger partial charge is 0.248 e. The normalized spacial score (nSPS) is 13.4. The number of hydrogen-bond acceptors (Lipinski definition) is 4. The predicted octanol–water partition coefficient (Wildman–Crippen LogP) is 6.35. The topological polar surface area (TPSA) is 76.2 Å². The number of amides is 1. The maximum Gasteiger partial charge on any atom is 0.248 e. The van der Waals surface area contributed by atoms with Crippen LogP contribution < -0.4 is 11.1 Å². The molecule has 1 unspecified atom stereocenters. The molecule has 1 aromatic heterocycles. The zero-order valence-electron chi connectivity index (χ0n) is 18.6. The third-order valence-corrected chi connectivity index (χ3v) is 6.33. The molecule has 1 atom stereocenters. The van der Waals surface area contributed by atoms with E-state index in [2.05, 4.69) is 5.32 Å². The number of imidazole rings is 1. The molecule has 4 aromatic rings. The Morgan fingerprint density at radius 1 is 1.00 bits per heavy atom. The Morgan fingerprint density at radius 2 is 1.72 bits per heavy atom. The highest BCUT2D eigenvalue weighted by Gasteiger charge is 2.27. The van der Waals surface area contributed by atoms with E-state index in [9.17, 15) is 13.6 Å². The molecule has 2 heterocycles. The zero-order valence-corrected chi connectivity index (χ0v) is 20.1. The third-order valence-electron chi connectivity index (χ3n) is 5.77. The van der Waals surface area contributed by atoms with Gasteiger partial charge in [-0.1, -0.05) is 35.3 Å². The second-order valence-electron chi connectivity index (χ2n) is 8.15. The van der Waals surface area contributed by atoms with Crippen LogP contribution in [0.5, 0.6) is 0 Å². The van der Waals surface area contributed by atoms with Gasteiger partial charge in [-0.2, -0.15) is 0 Å². The van der Waals surface area contributed by atoms with Gasteiger partial charge in [0.25, 0.3) is 0 Å². The van der Waals surface area contributed by atoms with Crippen LogP contribution in [0.25, 0.3) is 17.5 Å². The van der Waals surface area contributed by atoms with Gasteiger partial charge in [-0.05, 0) is 60.2 Å². The van der Waals surface area contributed by atoms with E-state index in [1.165, 1.54) is 29.2 Å². The van der Waals surface area contributed by atoms with Crippen molar-refractivity contribution in [1.29, 1.82) is 0 Å². The monoisotopic (exact) mass is 525 g/mol. The van der Waals surface area contributed by atoms with Gasteiger partial charge in [0.2, 0.25) is 5.91 Å². The van der Waals surface area contributed by atoms with Crippen LogP contribution in [0.15, 0.2) is 72.9 Å². The summed E-state index contributed by atoms with van der Waals surface area (Å²) in [6.07, 6.45) is 3.27. The average Bonchev–Trinajstić information content (AvgIpc) is 3.23. The standard InChI is InChI=1S/C26H19Cl2F2N5O/c27-17-5-1-15(2-6-17)23(31)26(36)34-11-12-35-22(14-34)33-24(16-3-7-18(29)8-4-16)25(35)32-19-9-10-20(28)21(30)13-19/h1-13,23,32H,14,31H2. The fourth-order valence-corrected chi connectivity index (χ4v) is 4.13. The van der Waals surface area contributed by atoms with E-state index in [1.807, 2.05) is 0 Å². The zero-order chi connectivity index (χ0) is 25.4. The maximum absolute atomic E-state index is 14.1. The average molecular weight is 526 g/mol. The Labute approximate surface area is 215 Å². The van der Waals surface area contributed by atoms with Gasteiger partial charge in [-0.15, -0.1) is 0 Å². The molecule has 6 nitrogen and oxygen atoms in total. The molecular weight excluding hydrogens is 507 g/mol. The van der Waals surface area contributed by atoms with E-state index in [0.29, 0.717) is 39.2 Å². The number of hydrogen-bond donors (Lipinski definition) is 2. The lowest BCUT2D eigenvalue weighted by Gasteiger charge is -2.25. The lowest BCUT2D eigenvalue weighted by molar-refractivity contribution is -0.130. The highest BCUT2D eigenvalue weighted by molar-refractivity contribution is 6.31. The van der Waals surface area contributed by atoms with Crippen LogP contribution in [0.1, 0.15) is 17.4 Å². The number of nitrogens with zero attached hydrogens (tertiary/aromatic N) is 3. The first kappa shape index (κ1) is 24.0. The Bertz CT molecular complexity index is 1470. The molecule has 0 aliphatic carbocycles. The summed E-state index contributed by atoms with van der Waals surface area (Å²) >= 11 is 11.8. The summed E-state index contributed by atoms with van der Waals surface area (Å²) in [6, 6.07) is 16.1. The van der Waals surface area contributed by atoms with Crippen molar-refractivity contribution in [3.8, 4) is 11.3 Å². The number of halogens is 4. The first-order valence-corrected chi connectivity index (χ1v) is 11.6. The minimum Gasteiger partial charge on any atom is -0.339 e. The van der Waals surface area contributed by atoms with Crippen LogP contribution in [0, 0.1) is 11.6 Å². The molecule has 0 spiro atoms. The Hall–Kier alpha value is -3.72. The second kappa shape index (κ2) is 9.73. The van der Waals surface area contributed by atoms with E-state index in [0.717, 1.165) is 0 Å². The number of nitrogens with two attached hydrogens (primary N) is 1. The van der Waals surface area contributed by atoms with Gasteiger partial charge >= 0.3 is 0 Å². The minimum absolute atomic E-state index is 0.000646. The van der Waals surface area contributed by atoms with E-state index < -0.39 is 11.9 Å². The van der Waals surface area contributed by atoms with Crippen LogP contribution in [0.4, 0.5) is 20.3 Å². The highest BCUT2D eigenvalue weighted by atomic mass is 35.5. The predicted molar refractivity (Wildman–Crippen MR) is 137 cm³/mol. The number of carbonyl (C=O) groups is 1. The van der Waals surface area contributed by atoms with Crippen molar-refractivity contribution >= 4 is 46.8 Å². The van der Waals surface area contributed by atoms with Crippen LogP contribution >= 0.6 is 23.2 Å². The fourth-order valence-electron chi connectivity index (χ4n) is 3.89. The quantitative estimate of drug-likeness (QED) is 0.318. The van der Waals surface area contributed by atoms with E-state index >= 15 is 0 Å². The molecule has 0 saturated heterocycles. The molecule has 1 aliphatic heterocycles. The SMILES string of the molecule is NC(C(=O)N1C=Cn2c(nc(-c3ccc(F)cc3)c2Nc2ccc(Cl)c(F)c2)C1)c1ccc(Cl)cc1. The summed E-state index contributed by atoms with van der Waals surface area (Å²) < 4.78 is 29.4. The highest BCUT2D eigenvalue weighted by Crippen LogP contribution is 2.34. The van der Waals surface area contributed by atoms with Gasteiger partial charge in [0.1, 0.15) is 35.0 Å². The summed E-state index contributed by atoms with van der Waals surface area (Å²) in [4.78, 5) is 19.3. The molecule has 0 fully saturated rings. The van der Waals surface area contributed by atoms with Crippen molar-refractivity contribution in [2.75, 3.05) is 5.32 Å². The molecule has 0 radical (unpaired) electrons. The number of nitrogens with one attached hydrogen (secondary N) is 1. The lowest BCUT2D eigenvalue weighted by atomic mass is 10.1. The molecular formula is C26H19Cl2F2N5O. The largest absolute Gasteiger partial charge is 0.339 e. The summed E-state index contributed by atoms with van der Waals surface area (Å²) in [5.74, 6) is -0.230. The third kappa shape index (κ3) is 4.70. The molecule has 182 valence electrons. The van der Waals surface area contributed by atoms with Gasteiger partial charge < -0.3 is 16.0 Å². The Morgan fingerprint density at radius 3 is 2.42 bits per heavy atom. The van der Waals surface area contributed by atoms with Crippen molar-refractivity contribution in [2.45, 2.75) is 12.6 Å². The molecule has 3 aromatic carbocycles. The van der Waals surface area contributed by atoms with Gasteiger partial charge in [0, 0.05) is 28.7 Å². The summed E-state index contributed by atoms with van der Waals surface area (Å²) in [5, 5.41) is 3.72. The molecule has 36 heavy (non-hydrogen) atoms. The Balaban J connectivity index is 1.49. The Kier molecular flexibility index (Phi) is 6.49. The van der Waals surface area contributed by atoms with Crippen molar-refractivity contribution in [1.82, 2.24) is 14.5 Å². The molecule has 10 heteroatoms. The number of anilines is 2. The number of carbonyl (C=O) groups excluding carboxylic acids is 1. The molecule has 3 N–H and O–H groups in total. The second-order valence-corrected chi connectivity index (χ2v) is 8.99.